The Morgan fingerprint density at radius 1 is 1.14 bits per heavy atom. The number of halogens is 1. The lowest BCUT2D eigenvalue weighted by molar-refractivity contribution is 0.270. The Morgan fingerprint density at radius 3 is 2.57 bits per heavy atom. The van der Waals surface area contributed by atoms with Crippen molar-refractivity contribution >= 4 is 15.9 Å². The minimum absolute atomic E-state index is 0.467. The number of rotatable bonds is 3. The Morgan fingerprint density at radius 2 is 1.93 bits per heavy atom. The predicted molar refractivity (Wildman–Crippen MR) is 57.2 cm³/mol. The van der Waals surface area contributed by atoms with Crippen LogP contribution in [0.1, 0.15) is 5.76 Å². The van der Waals surface area contributed by atoms with Crippen molar-refractivity contribution in [2.45, 2.75) is 6.61 Å². The minimum atomic E-state index is 0.467. The molecule has 3 heteroatoms. The van der Waals surface area contributed by atoms with E-state index in [0.717, 1.165) is 16.0 Å². The quantitative estimate of drug-likeness (QED) is 0.833. The molecule has 0 spiro atoms. The summed E-state index contributed by atoms with van der Waals surface area (Å²) in [5.41, 5.74) is 0. The molecule has 2 rings (SSSR count). The number of furan rings is 1. The zero-order chi connectivity index (χ0) is 9.80. The van der Waals surface area contributed by atoms with Crippen LogP contribution in [-0.4, -0.2) is 0 Å². The van der Waals surface area contributed by atoms with Crippen molar-refractivity contribution < 1.29 is 9.15 Å². The maximum absolute atomic E-state index is 5.49. The number of ether oxygens (including phenoxy) is 1. The van der Waals surface area contributed by atoms with Crippen molar-refractivity contribution in [3.05, 3.63) is 52.9 Å². The molecule has 72 valence electrons. The zero-order valence-corrected chi connectivity index (χ0v) is 9.03. The van der Waals surface area contributed by atoms with Crippen molar-refractivity contribution in [1.29, 1.82) is 0 Å². The van der Waals surface area contributed by atoms with Crippen LogP contribution in [0.25, 0.3) is 0 Å². The smallest absolute Gasteiger partial charge is 0.146 e. The zero-order valence-electron chi connectivity index (χ0n) is 7.44. The third-order valence-electron chi connectivity index (χ3n) is 1.77. The van der Waals surface area contributed by atoms with Gasteiger partial charge in [-0.3, -0.25) is 0 Å². The van der Waals surface area contributed by atoms with Gasteiger partial charge in [0.05, 0.1) is 6.26 Å². The van der Waals surface area contributed by atoms with Crippen LogP contribution in [0.2, 0.25) is 0 Å². The molecule has 0 bridgehead atoms. The van der Waals surface area contributed by atoms with E-state index in [2.05, 4.69) is 15.9 Å². The molecule has 0 N–H and O–H groups in total. The monoisotopic (exact) mass is 252 g/mol. The first-order valence-electron chi connectivity index (χ1n) is 4.25. The van der Waals surface area contributed by atoms with Crippen molar-refractivity contribution in [3.8, 4) is 5.75 Å². The summed E-state index contributed by atoms with van der Waals surface area (Å²) in [7, 11) is 0. The van der Waals surface area contributed by atoms with Gasteiger partial charge in [-0.05, 0) is 36.4 Å². The second-order valence-corrected chi connectivity index (χ2v) is 3.74. The molecular formula is C11H9BrO2. The average Bonchev–Trinajstić information content (AvgIpc) is 2.70. The maximum Gasteiger partial charge on any atom is 0.146 e. The first kappa shape index (κ1) is 9.34. The van der Waals surface area contributed by atoms with Crippen LogP contribution in [0.15, 0.2) is 51.6 Å². The van der Waals surface area contributed by atoms with Crippen LogP contribution in [-0.2, 0) is 6.61 Å². The summed E-state index contributed by atoms with van der Waals surface area (Å²) in [6.07, 6.45) is 1.64. The van der Waals surface area contributed by atoms with E-state index in [-0.39, 0.29) is 0 Å². The third kappa shape index (κ3) is 2.39. The molecule has 0 unspecified atom stereocenters. The lowest BCUT2D eigenvalue weighted by Crippen LogP contribution is -1.92. The average molecular weight is 253 g/mol. The molecule has 1 heterocycles. The Hall–Kier alpha value is -1.22. The SMILES string of the molecule is Brc1ccc(OCc2ccco2)cc1. The van der Waals surface area contributed by atoms with Gasteiger partial charge in [-0.25, -0.2) is 0 Å². The van der Waals surface area contributed by atoms with Crippen molar-refractivity contribution in [3.63, 3.8) is 0 Å². The predicted octanol–water partition coefficient (Wildman–Crippen LogP) is 3.62. The molecule has 0 amide bonds. The fraction of sp³-hybridized carbons (Fsp3) is 0.0909. The van der Waals surface area contributed by atoms with Gasteiger partial charge in [-0.2, -0.15) is 0 Å². The molecule has 0 aliphatic carbocycles. The Kier molecular flexibility index (Phi) is 2.89. The van der Waals surface area contributed by atoms with Gasteiger partial charge in [-0.1, -0.05) is 15.9 Å². The normalized spacial score (nSPS) is 10.1. The van der Waals surface area contributed by atoms with Gasteiger partial charge in [0.1, 0.15) is 18.1 Å². The summed E-state index contributed by atoms with van der Waals surface area (Å²) in [5.74, 6) is 1.66. The number of hydrogen-bond donors (Lipinski definition) is 0. The van der Waals surface area contributed by atoms with Gasteiger partial charge >= 0.3 is 0 Å². The lowest BCUT2D eigenvalue weighted by Gasteiger charge is -2.03. The van der Waals surface area contributed by atoms with Gasteiger partial charge in [0.25, 0.3) is 0 Å². The molecule has 0 atom stereocenters. The minimum Gasteiger partial charge on any atom is -0.486 e. The molecule has 2 nitrogen and oxygen atoms in total. The molecule has 0 saturated carbocycles. The van der Waals surface area contributed by atoms with Gasteiger partial charge in [-0.15, -0.1) is 0 Å². The van der Waals surface area contributed by atoms with Crippen LogP contribution in [0, 0.1) is 0 Å². The van der Waals surface area contributed by atoms with E-state index >= 15 is 0 Å². The highest BCUT2D eigenvalue weighted by Crippen LogP contribution is 2.17. The molecule has 0 radical (unpaired) electrons. The summed E-state index contributed by atoms with van der Waals surface area (Å²) < 4.78 is 11.7. The first-order chi connectivity index (χ1) is 6.84. The van der Waals surface area contributed by atoms with Crippen molar-refractivity contribution in [1.82, 2.24) is 0 Å². The van der Waals surface area contributed by atoms with Crippen LogP contribution in [0.5, 0.6) is 5.75 Å². The first-order valence-corrected chi connectivity index (χ1v) is 5.04. The topological polar surface area (TPSA) is 22.4 Å². The highest BCUT2D eigenvalue weighted by atomic mass is 79.9. The van der Waals surface area contributed by atoms with Gasteiger partial charge in [0.2, 0.25) is 0 Å². The van der Waals surface area contributed by atoms with Crippen LogP contribution < -0.4 is 4.74 Å². The van der Waals surface area contributed by atoms with E-state index in [1.54, 1.807) is 6.26 Å². The maximum atomic E-state index is 5.49. The molecule has 0 aliphatic rings. The molecule has 0 saturated heterocycles. The summed E-state index contributed by atoms with van der Waals surface area (Å²) in [6, 6.07) is 11.4. The number of hydrogen-bond acceptors (Lipinski definition) is 2. The molecule has 14 heavy (non-hydrogen) atoms. The summed E-state index contributed by atoms with van der Waals surface area (Å²) in [6.45, 7) is 0.467. The van der Waals surface area contributed by atoms with Crippen molar-refractivity contribution in [2.75, 3.05) is 0 Å². The van der Waals surface area contributed by atoms with E-state index in [9.17, 15) is 0 Å². The number of benzene rings is 1. The Labute approximate surface area is 90.6 Å². The highest BCUT2D eigenvalue weighted by Gasteiger charge is 1.97. The van der Waals surface area contributed by atoms with E-state index in [0.29, 0.717) is 6.61 Å². The van der Waals surface area contributed by atoms with Crippen LogP contribution in [0.4, 0.5) is 0 Å². The molecule has 2 aromatic rings. The molecular weight excluding hydrogens is 244 g/mol. The molecule has 0 aliphatic heterocycles. The molecule has 0 fully saturated rings. The molecule has 1 aromatic heterocycles. The molecule has 1 aromatic carbocycles. The second-order valence-electron chi connectivity index (χ2n) is 2.82. The van der Waals surface area contributed by atoms with Crippen molar-refractivity contribution in [2.24, 2.45) is 0 Å². The summed E-state index contributed by atoms with van der Waals surface area (Å²) in [5, 5.41) is 0. The highest BCUT2D eigenvalue weighted by molar-refractivity contribution is 9.10. The largest absolute Gasteiger partial charge is 0.486 e. The van der Waals surface area contributed by atoms with Gasteiger partial charge in [0.15, 0.2) is 0 Å². The lowest BCUT2D eigenvalue weighted by atomic mass is 10.3. The summed E-state index contributed by atoms with van der Waals surface area (Å²) >= 11 is 3.36. The van der Waals surface area contributed by atoms with E-state index in [1.807, 2.05) is 36.4 Å². The van der Waals surface area contributed by atoms with E-state index in [4.69, 9.17) is 9.15 Å². The van der Waals surface area contributed by atoms with Gasteiger partial charge in [0, 0.05) is 4.47 Å². The fourth-order valence-corrected chi connectivity index (χ4v) is 1.34. The standard InChI is InChI=1S/C11H9BrO2/c12-9-3-5-10(6-4-9)14-8-11-2-1-7-13-11/h1-7H,8H2. The van der Waals surface area contributed by atoms with E-state index in [1.165, 1.54) is 0 Å². The van der Waals surface area contributed by atoms with E-state index < -0.39 is 0 Å². The van der Waals surface area contributed by atoms with Crippen LogP contribution in [0.3, 0.4) is 0 Å². The second kappa shape index (κ2) is 4.33. The Balaban J connectivity index is 1.95. The fourth-order valence-electron chi connectivity index (χ4n) is 1.08. The third-order valence-corrected chi connectivity index (χ3v) is 2.30. The Bertz CT molecular complexity index is 378. The summed E-state index contributed by atoms with van der Waals surface area (Å²) in [4.78, 5) is 0. The van der Waals surface area contributed by atoms with Gasteiger partial charge < -0.3 is 9.15 Å². The van der Waals surface area contributed by atoms with Crippen LogP contribution >= 0.6 is 15.9 Å².